The largest absolute Gasteiger partial charge is 0.0988 e. The number of hydrogen-bond acceptors (Lipinski definition) is 0. The van der Waals surface area contributed by atoms with Crippen LogP contribution in [0.5, 0.6) is 0 Å². The molecule has 0 aromatic heterocycles. The molecule has 6 atom stereocenters. The molecule has 4 aliphatic rings. The Morgan fingerprint density at radius 3 is 2.27 bits per heavy atom. The first kappa shape index (κ1) is 21.5. The van der Waals surface area contributed by atoms with Gasteiger partial charge in [0.05, 0.1) is 0 Å². The van der Waals surface area contributed by atoms with Gasteiger partial charge in [0, 0.05) is 0 Å². The molecular weight excluding hydrogens is 312 g/mol. The molecule has 0 radical (unpaired) electrons. The van der Waals surface area contributed by atoms with Crippen LogP contribution in [0.15, 0.2) is 36.0 Å². The van der Waals surface area contributed by atoms with E-state index < -0.39 is 0 Å². The highest BCUT2D eigenvalue weighted by atomic mass is 14.6. The zero-order chi connectivity index (χ0) is 19.5. The molecule has 0 saturated heterocycles. The van der Waals surface area contributed by atoms with Gasteiger partial charge in [-0.15, -0.1) is 0 Å². The smallest absolute Gasteiger partial charge is 0.00446 e. The minimum atomic E-state index is 0.433. The third-order valence-corrected chi connectivity index (χ3v) is 8.20. The maximum Gasteiger partial charge on any atom is -0.00446 e. The van der Waals surface area contributed by atoms with Gasteiger partial charge >= 0.3 is 0 Å². The molecule has 0 aromatic carbocycles. The fraction of sp³-hybridized carbons (Fsp3) is 0.769. The van der Waals surface area contributed by atoms with Crippen molar-refractivity contribution >= 4 is 0 Å². The molecule has 4 rings (SSSR count). The second-order valence-electron chi connectivity index (χ2n) is 9.10. The molecule has 0 nitrogen and oxygen atoms in total. The number of hydrogen-bond donors (Lipinski definition) is 0. The van der Waals surface area contributed by atoms with E-state index in [9.17, 15) is 0 Å². The van der Waals surface area contributed by atoms with Gasteiger partial charge in [-0.2, -0.15) is 0 Å². The molecule has 0 spiro atoms. The maximum atomic E-state index is 4.09. The van der Waals surface area contributed by atoms with Crippen LogP contribution < -0.4 is 0 Å². The fourth-order valence-electron chi connectivity index (χ4n) is 6.82. The zero-order valence-electron chi connectivity index (χ0n) is 18.7. The van der Waals surface area contributed by atoms with Crippen LogP contribution in [0.3, 0.4) is 0 Å². The third kappa shape index (κ3) is 3.27. The van der Waals surface area contributed by atoms with Gasteiger partial charge in [0.1, 0.15) is 0 Å². The monoisotopic (exact) mass is 356 g/mol. The normalized spacial score (nSPS) is 43.0. The maximum absolute atomic E-state index is 4.09. The Hall–Kier alpha value is -0.780. The predicted molar refractivity (Wildman–Crippen MR) is 117 cm³/mol. The predicted octanol–water partition coefficient (Wildman–Crippen LogP) is 8.36. The van der Waals surface area contributed by atoms with Crippen LogP contribution >= 0.6 is 0 Å². The summed E-state index contributed by atoms with van der Waals surface area (Å²) < 4.78 is 0. The van der Waals surface area contributed by atoms with Gasteiger partial charge in [-0.25, -0.2) is 0 Å². The van der Waals surface area contributed by atoms with E-state index in [1.807, 2.05) is 33.3 Å². The van der Waals surface area contributed by atoms with Crippen molar-refractivity contribution in [2.75, 3.05) is 0 Å². The van der Waals surface area contributed by atoms with Gasteiger partial charge in [0.15, 0.2) is 0 Å². The van der Waals surface area contributed by atoms with Gasteiger partial charge in [-0.05, 0) is 85.0 Å². The van der Waals surface area contributed by atoms with Crippen molar-refractivity contribution in [3.05, 3.63) is 36.0 Å². The fourth-order valence-corrected chi connectivity index (χ4v) is 6.82. The quantitative estimate of drug-likeness (QED) is 0.414. The molecule has 0 amide bonds. The van der Waals surface area contributed by atoms with Crippen LogP contribution in [0.2, 0.25) is 0 Å². The summed E-state index contributed by atoms with van der Waals surface area (Å²) in [4.78, 5) is 0. The lowest BCUT2D eigenvalue weighted by molar-refractivity contribution is -0.0292. The lowest BCUT2D eigenvalue weighted by atomic mass is 9.46. The van der Waals surface area contributed by atoms with Gasteiger partial charge in [-0.1, -0.05) is 78.8 Å². The molecule has 2 saturated carbocycles. The molecule has 0 heterocycles. The van der Waals surface area contributed by atoms with E-state index >= 15 is 0 Å². The van der Waals surface area contributed by atoms with Crippen LogP contribution in [-0.2, 0) is 0 Å². The summed E-state index contributed by atoms with van der Waals surface area (Å²) in [6, 6.07) is 0. The summed E-state index contributed by atoms with van der Waals surface area (Å²) in [5, 5.41) is 0. The topological polar surface area (TPSA) is 0 Å². The van der Waals surface area contributed by atoms with Crippen LogP contribution in [0.25, 0.3) is 0 Å². The first-order valence-electron chi connectivity index (χ1n) is 11.5. The molecule has 0 N–H and O–H groups in total. The highest BCUT2D eigenvalue weighted by molar-refractivity contribution is 5.34. The summed E-state index contributed by atoms with van der Waals surface area (Å²) in [6.45, 7) is 19.6. The van der Waals surface area contributed by atoms with E-state index in [4.69, 9.17) is 0 Å². The van der Waals surface area contributed by atoms with Crippen LogP contribution in [0, 0.1) is 34.5 Å². The zero-order valence-corrected chi connectivity index (χ0v) is 18.7. The van der Waals surface area contributed by atoms with Crippen LogP contribution in [-0.4, -0.2) is 0 Å². The van der Waals surface area contributed by atoms with Crippen LogP contribution in [0.4, 0.5) is 0 Å². The van der Waals surface area contributed by atoms with Gasteiger partial charge in [0.2, 0.25) is 0 Å². The Morgan fingerprint density at radius 2 is 1.62 bits per heavy atom. The van der Waals surface area contributed by atoms with Crippen molar-refractivity contribution in [1.82, 2.24) is 0 Å². The van der Waals surface area contributed by atoms with Crippen molar-refractivity contribution < 1.29 is 0 Å². The summed E-state index contributed by atoms with van der Waals surface area (Å²) in [6.07, 6.45) is 17.1. The summed E-state index contributed by atoms with van der Waals surface area (Å²) >= 11 is 0. The molecule has 0 aromatic rings. The van der Waals surface area contributed by atoms with E-state index in [0.29, 0.717) is 10.8 Å². The van der Waals surface area contributed by atoms with Gasteiger partial charge < -0.3 is 0 Å². The first-order chi connectivity index (χ1) is 12.5. The molecular formula is C26H44. The Morgan fingerprint density at radius 1 is 0.962 bits per heavy atom. The average Bonchev–Trinajstić information content (AvgIpc) is 3.02. The van der Waals surface area contributed by atoms with Crippen molar-refractivity contribution in [1.29, 1.82) is 0 Å². The van der Waals surface area contributed by atoms with Crippen LogP contribution in [0.1, 0.15) is 93.4 Å². The molecule has 0 aliphatic heterocycles. The molecule has 26 heavy (non-hydrogen) atoms. The lowest BCUT2D eigenvalue weighted by Crippen LogP contribution is -2.49. The molecule has 0 bridgehead atoms. The Labute approximate surface area is 164 Å². The van der Waals surface area contributed by atoms with Crippen molar-refractivity contribution in [3.8, 4) is 0 Å². The average molecular weight is 357 g/mol. The molecule has 3 unspecified atom stereocenters. The third-order valence-electron chi connectivity index (χ3n) is 8.20. The van der Waals surface area contributed by atoms with E-state index in [-0.39, 0.29) is 0 Å². The number of allylic oxidation sites excluding steroid dienone is 5. The number of fused-ring (bicyclic) bond motifs is 5. The molecule has 148 valence electrons. The minimum Gasteiger partial charge on any atom is -0.0988 e. The van der Waals surface area contributed by atoms with Crippen molar-refractivity contribution in [2.45, 2.75) is 93.4 Å². The lowest BCUT2D eigenvalue weighted by Gasteiger charge is -2.58. The Balaban J connectivity index is 0.000000570. The van der Waals surface area contributed by atoms with Crippen molar-refractivity contribution in [3.63, 3.8) is 0 Å². The second-order valence-corrected chi connectivity index (χ2v) is 9.10. The van der Waals surface area contributed by atoms with E-state index in [1.54, 1.807) is 5.57 Å². The highest BCUT2D eigenvalue weighted by Gasteiger charge is 2.56. The minimum absolute atomic E-state index is 0.433. The van der Waals surface area contributed by atoms with Crippen molar-refractivity contribution in [2.24, 2.45) is 34.5 Å². The second kappa shape index (κ2) is 8.49. The Bertz CT molecular complexity index is 550. The standard InChI is InChI=1S/C22H32.2C2H6/c1-5-16-7-9-19-18-8-6-17-14-15(2)10-12-22(17,4)20(18)11-13-21(16,19)3;2*1-2/h5,7,14-15,18-20H,1,6,8-13H2,2-4H3;2*1-2H3/t15-,18?,19?,20?,21+,22-;;/m0../s1. The summed E-state index contributed by atoms with van der Waals surface area (Å²) in [7, 11) is 0. The molecule has 4 aliphatic carbocycles. The molecule has 2 fully saturated rings. The van der Waals surface area contributed by atoms with Gasteiger partial charge in [0.25, 0.3) is 0 Å². The molecule has 0 heteroatoms. The first-order valence-corrected chi connectivity index (χ1v) is 11.5. The number of rotatable bonds is 1. The van der Waals surface area contributed by atoms with E-state index in [1.165, 1.54) is 44.9 Å². The Kier molecular flexibility index (Phi) is 7.03. The van der Waals surface area contributed by atoms with E-state index in [0.717, 1.165) is 23.7 Å². The summed E-state index contributed by atoms with van der Waals surface area (Å²) in [5.74, 6) is 3.59. The SMILES string of the molecule is C=CC1=CCC2C3CCC4=C[C@@H](C)CC[C@]4(C)C3CC[C@]12C.CC.CC. The summed E-state index contributed by atoms with van der Waals surface area (Å²) in [5.41, 5.74) is 4.33. The van der Waals surface area contributed by atoms with Gasteiger partial charge in [-0.3, -0.25) is 0 Å². The van der Waals surface area contributed by atoms with E-state index in [2.05, 4.69) is 45.6 Å². The highest BCUT2D eigenvalue weighted by Crippen LogP contribution is 2.65.